The summed E-state index contributed by atoms with van der Waals surface area (Å²) >= 11 is 0. The Morgan fingerprint density at radius 1 is 1.28 bits per heavy atom. The number of hydrogen-bond acceptors (Lipinski definition) is 5. The Bertz CT molecular complexity index is 562. The number of nitrogens with zero attached hydrogens (tertiary/aromatic N) is 1. The van der Waals surface area contributed by atoms with Crippen molar-refractivity contribution in [1.82, 2.24) is 5.06 Å². The molecule has 0 radical (unpaired) electrons. The molecule has 5 nitrogen and oxygen atoms in total. The van der Waals surface area contributed by atoms with Crippen LogP contribution in [0.25, 0.3) is 0 Å². The highest BCUT2D eigenvalue weighted by atomic mass is 28.4. The van der Waals surface area contributed by atoms with Gasteiger partial charge in [-0.2, -0.15) is 5.06 Å². The van der Waals surface area contributed by atoms with E-state index in [1.807, 2.05) is 31.9 Å². The molecular weight excluding hydrogens is 382 g/mol. The first-order chi connectivity index (χ1) is 13.0. The predicted octanol–water partition coefficient (Wildman–Crippen LogP) is 5.72. The lowest BCUT2D eigenvalue weighted by Crippen LogP contribution is -2.47. The monoisotopic (exact) mass is 427 g/mol. The summed E-state index contributed by atoms with van der Waals surface area (Å²) in [5, 5.41) is 2.01. The number of rotatable bonds is 9. The lowest BCUT2D eigenvalue weighted by Gasteiger charge is -2.37. The maximum absolute atomic E-state index is 12.6. The highest BCUT2D eigenvalue weighted by Gasteiger charge is 2.48. The van der Waals surface area contributed by atoms with Gasteiger partial charge >= 0.3 is 5.97 Å². The molecule has 0 bridgehead atoms. The molecule has 1 fully saturated rings. The van der Waals surface area contributed by atoms with Crippen molar-refractivity contribution in [3.8, 4) is 0 Å². The first kappa shape index (κ1) is 26.3. The molecule has 2 atom stereocenters. The first-order valence-electron chi connectivity index (χ1n) is 10.9. The van der Waals surface area contributed by atoms with Crippen LogP contribution in [-0.4, -0.2) is 49.7 Å². The largest absolute Gasteiger partial charge is 0.459 e. The Hall–Kier alpha value is -0.693. The third-order valence-corrected chi connectivity index (χ3v) is 10.4. The highest BCUT2D eigenvalue weighted by molar-refractivity contribution is 6.74. The van der Waals surface area contributed by atoms with Crippen molar-refractivity contribution in [2.75, 3.05) is 13.2 Å². The van der Waals surface area contributed by atoms with Gasteiger partial charge in [0.05, 0.1) is 12.1 Å². The number of carbonyl (C=O) groups is 1. The van der Waals surface area contributed by atoms with Crippen LogP contribution in [-0.2, 0) is 18.8 Å². The molecule has 1 aliphatic rings. The van der Waals surface area contributed by atoms with Gasteiger partial charge in [-0.15, -0.1) is 6.58 Å². The van der Waals surface area contributed by atoms with Gasteiger partial charge in [-0.3, -0.25) is 9.63 Å². The standard InChI is InChI=1S/C23H45NO4Si/c1-12-13-23(14-18(2)3)15-19(17-26-29(10,11)22(7,8)9)28-24(23)16-20(25)27-21(4,5)6/h12,18-19H,1,13-17H2,2-11H3. The van der Waals surface area contributed by atoms with E-state index in [0.29, 0.717) is 12.5 Å². The van der Waals surface area contributed by atoms with Crippen molar-refractivity contribution in [1.29, 1.82) is 0 Å². The van der Waals surface area contributed by atoms with E-state index < -0.39 is 13.9 Å². The Morgan fingerprint density at radius 3 is 2.31 bits per heavy atom. The van der Waals surface area contributed by atoms with E-state index in [1.165, 1.54) is 0 Å². The van der Waals surface area contributed by atoms with Gasteiger partial charge in [0.1, 0.15) is 18.2 Å². The average Bonchev–Trinajstić information content (AvgIpc) is 2.79. The summed E-state index contributed by atoms with van der Waals surface area (Å²) in [4.78, 5) is 18.9. The van der Waals surface area contributed by atoms with Crippen LogP contribution in [0.4, 0.5) is 0 Å². The van der Waals surface area contributed by atoms with Gasteiger partial charge in [-0.1, -0.05) is 40.7 Å². The van der Waals surface area contributed by atoms with Gasteiger partial charge in [0.25, 0.3) is 0 Å². The van der Waals surface area contributed by atoms with Crippen LogP contribution in [0.1, 0.15) is 74.7 Å². The highest BCUT2D eigenvalue weighted by Crippen LogP contribution is 2.42. The minimum Gasteiger partial charge on any atom is -0.459 e. The van der Waals surface area contributed by atoms with Crippen molar-refractivity contribution in [3.05, 3.63) is 12.7 Å². The van der Waals surface area contributed by atoms with Crippen LogP contribution in [0.5, 0.6) is 0 Å². The molecule has 0 aliphatic carbocycles. The van der Waals surface area contributed by atoms with E-state index in [2.05, 4.69) is 54.3 Å². The second-order valence-corrected chi connectivity index (χ2v) is 16.3. The summed E-state index contributed by atoms with van der Waals surface area (Å²) < 4.78 is 12.0. The molecule has 0 amide bonds. The Morgan fingerprint density at radius 2 is 1.86 bits per heavy atom. The SMILES string of the molecule is C=CCC1(CC(C)C)CC(CO[Si](C)(C)C(C)(C)C)ON1CC(=O)OC(C)(C)C. The fourth-order valence-corrected chi connectivity index (χ4v) is 4.68. The fourth-order valence-electron chi connectivity index (χ4n) is 3.64. The molecule has 0 aromatic heterocycles. The predicted molar refractivity (Wildman–Crippen MR) is 122 cm³/mol. The fraction of sp³-hybridized carbons (Fsp3) is 0.870. The van der Waals surface area contributed by atoms with Crippen molar-refractivity contribution < 1.29 is 18.8 Å². The summed E-state index contributed by atoms with van der Waals surface area (Å²) in [6.07, 6.45) is 4.40. The molecule has 2 unspecified atom stereocenters. The molecule has 0 spiro atoms. The molecule has 0 saturated carbocycles. The maximum Gasteiger partial charge on any atom is 0.323 e. The minimum atomic E-state index is -1.87. The van der Waals surface area contributed by atoms with Gasteiger partial charge in [0.2, 0.25) is 0 Å². The number of hydroxylamine groups is 2. The second-order valence-electron chi connectivity index (χ2n) is 11.4. The molecule has 29 heavy (non-hydrogen) atoms. The van der Waals surface area contributed by atoms with Crippen LogP contribution >= 0.6 is 0 Å². The van der Waals surface area contributed by atoms with Crippen molar-refractivity contribution in [3.63, 3.8) is 0 Å². The molecule has 0 N–H and O–H groups in total. The number of carbonyl (C=O) groups excluding carboxylic acids is 1. The van der Waals surface area contributed by atoms with E-state index in [4.69, 9.17) is 14.0 Å². The quantitative estimate of drug-likeness (QED) is 0.268. The van der Waals surface area contributed by atoms with E-state index in [1.54, 1.807) is 0 Å². The molecule has 1 rings (SSSR count). The van der Waals surface area contributed by atoms with E-state index in [0.717, 1.165) is 19.3 Å². The second kappa shape index (κ2) is 9.63. The van der Waals surface area contributed by atoms with Crippen molar-refractivity contribution in [2.24, 2.45) is 5.92 Å². The van der Waals surface area contributed by atoms with E-state index in [-0.39, 0.29) is 29.2 Å². The van der Waals surface area contributed by atoms with Crippen LogP contribution in [0.15, 0.2) is 12.7 Å². The number of ether oxygens (including phenoxy) is 1. The van der Waals surface area contributed by atoms with Crippen molar-refractivity contribution in [2.45, 2.75) is 110 Å². The Kier molecular flexibility index (Phi) is 8.74. The summed E-state index contributed by atoms with van der Waals surface area (Å²) in [5.41, 5.74) is -0.769. The lowest BCUT2D eigenvalue weighted by atomic mass is 9.82. The van der Waals surface area contributed by atoms with E-state index >= 15 is 0 Å². The molecule has 0 aromatic rings. The third-order valence-electron chi connectivity index (χ3n) is 5.85. The van der Waals surface area contributed by atoms with Gasteiger partial charge in [0.15, 0.2) is 8.32 Å². The average molecular weight is 428 g/mol. The molecule has 1 saturated heterocycles. The summed E-state index contributed by atoms with van der Waals surface area (Å²) in [6.45, 7) is 25.9. The zero-order valence-electron chi connectivity index (χ0n) is 20.6. The van der Waals surface area contributed by atoms with Crippen LogP contribution in [0, 0.1) is 5.92 Å². The summed E-state index contributed by atoms with van der Waals surface area (Å²) in [5.74, 6) is 0.209. The topological polar surface area (TPSA) is 48.0 Å². The summed E-state index contributed by atoms with van der Waals surface area (Å²) in [6, 6.07) is 0. The van der Waals surface area contributed by atoms with Crippen molar-refractivity contribution >= 4 is 14.3 Å². The van der Waals surface area contributed by atoms with Gasteiger partial charge in [-0.05, 0) is 64.1 Å². The smallest absolute Gasteiger partial charge is 0.323 e. The van der Waals surface area contributed by atoms with Crippen LogP contribution < -0.4 is 0 Å². The third kappa shape index (κ3) is 7.81. The maximum atomic E-state index is 12.6. The zero-order valence-corrected chi connectivity index (χ0v) is 21.6. The molecule has 1 heterocycles. The first-order valence-corrected chi connectivity index (χ1v) is 13.8. The lowest BCUT2D eigenvalue weighted by molar-refractivity contribution is -0.208. The number of esters is 1. The molecular formula is C23H45NO4Si. The molecule has 6 heteroatoms. The van der Waals surface area contributed by atoms with Gasteiger partial charge < -0.3 is 9.16 Å². The van der Waals surface area contributed by atoms with Gasteiger partial charge in [0, 0.05) is 0 Å². The minimum absolute atomic E-state index is 0.0646. The molecule has 1 aliphatic heterocycles. The zero-order chi connectivity index (χ0) is 22.7. The normalized spacial score (nSPS) is 24.2. The molecule has 0 aromatic carbocycles. The van der Waals surface area contributed by atoms with Crippen LogP contribution in [0.3, 0.4) is 0 Å². The molecule has 170 valence electrons. The van der Waals surface area contributed by atoms with Crippen LogP contribution in [0.2, 0.25) is 18.1 Å². The van der Waals surface area contributed by atoms with E-state index in [9.17, 15) is 4.79 Å². The Balaban J connectivity index is 2.99. The Labute approximate surface area is 180 Å². The van der Waals surface area contributed by atoms with Gasteiger partial charge in [-0.25, -0.2) is 0 Å². The number of hydrogen-bond donors (Lipinski definition) is 0. The summed E-state index contributed by atoms with van der Waals surface area (Å²) in [7, 11) is -1.87.